The highest BCUT2D eigenvalue weighted by atomic mass is 32.1. The van der Waals surface area contributed by atoms with Crippen molar-refractivity contribution in [3.8, 4) is 11.1 Å². The molecule has 43 heavy (non-hydrogen) atoms. The Hall–Kier alpha value is -5.22. The minimum Gasteiger partial charge on any atom is -0.478 e. The van der Waals surface area contributed by atoms with Gasteiger partial charge in [0.25, 0.3) is 5.91 Å². The molecule has 1 fully saturated rings. The standard InChI is InChI=1S/C33H29N5O4S/c1-21-26-19-23(22-7-3-2-4-8-22)11-13-28(26)43-30(21)31(39)35-24-12-14-29(34-20-24)37-15-17-38(18-16-37)33(42)36-27-10-6-5-9-25(27)32(40)41/h2-14,19-20H,15-18H2,1H3,(H,35,39)(H,36,42)(H,40,41). The summed E-state index contributed by atoms with van der Waals surface area (Å²) in [6, 6.07) is 26.2. The summed E-state index contributed by atoms with van der Waals surface area (Å²) in [5, 5.41) is 16.1. The predicted molar refractivity (Wildman–Crippen MR) is 170 cm³/mol. The monoisotopic (exact) mass is 591 g/mol. The van der Waals surface area contributed by atoms with Crippen LogP contribution in [0.15, 0.2) is 91.1 Å². The van der Waals surface area contributed by atoms with Gasteiger partial charge >= 0.3 is 12.0 Å². The van der Waals surface area contributed by atoms with Crippen molar-refractivity contribution in [1.29, 1.82) is 0 Å². The molecule has 10 heteroatoms. The first kappa shape index (κ1) is 27.9. The molecule has 0 atom stereocenters. The van der Waals surface area contributed by atoms with E-state index in [1.165, 1.54) is 17.4 Å². The van der Waals surface area contributed by atoms with E-state index in [1.807, 2.05) is 37.3 Å². The van der Waals surface area contributed by atoms with Crippen LogP contribution < -0.4 is 15.5 Å². The second-order valence-corrected chi connectivity index (χ2v) is 11.3. The number of pyridine rings is 1. The topological polar surface area (TPSA) is 115 Å². The molecule has 0 unspecified atom stereocenters. The van der Waals surface area contributed by atoms with Gasteiger partial charge in [0.15, 0.2) is 0 Å². The van der Waals surface area contributed by atoms with Crippen molar-refractivity contribution in [3.63, 3.8) is 0 Å². The number of nitrogens with one attached hydrogen (secondary N) is 2. The first-order valence-electron chi connectivity index (χ1n) is 13.9. The Morgan fingerprint density at radius 3 is 2.30 bits per heavy atom. The van der Waals surface area contributed by atoms with Crippen LogP contribution in [0.5, 0.6) is 0 Å². The molecule has 9 nitrogen and oxygen atoms in total. The summed E-state index contributed by atoms with van der Waals surface area (Å²) in [5.41, 5.74) is 4.12. The predicted octanol–water partition coefficient (Wildman–Crippen LogP) is 6.58. The fourth-order valence-electron chi connectivity index (χ4n) is 5.19. The molecule has 1 aliphatic heterocycles. The summed E-state index contributed by atoms with van der Waals surface area (Å²) in [4.78, 5) is 46.4. The molecule has 5 aromatic rings. The molecule has 3 aromatic carbocycles. The van der Waals surface area contributed by atoms with Gasteiger partial charge in [0, 0.05) is 30.9 Å². The van der Waals surface area contributed by atoms with Gasteiger partial charge in [-0.05, 0) is 65.4 Å². The summed E-state index contributed by atoms with van der Waals surface area (Å²) in [6.45, 7) is 4.03. The third-order valence-electron chi connectivity index (χ3n) is 7.55. The zero-order chi connectivity index (χ0) is 29.9. The quantitative estimate of drug-likeness (QED) is 0.206. The highest BCUT2D eigenvalue weighted by Crippen LogP contribution is 2.34. The molecule has 1 aliphatic rings. The molecule has 216 valence electrons. The second kappa shape index (κ2) is 11.9. The number of aryl methyl sites for hydroxylation is 1. The number of rotatable bonds is 6. The van der Waals surface area contributed by atoms with E-state index in [2.05, 4.69) is 50.8 Å². The Morgan fingerprint density at radius 1 is 0.837 bits per heavy atom. The Labute approximate surface area is 252 Å². The summed E-state index contributed by atoms with van der Waals surface area (Å²) in [7, 11) is 0. The van der Waals surface area contributed by atoms with Crippen LogP contribution in [0, 0.1) is 6.92 Å². The number of carbonyl (C=O) groups excluding carboxylic acids is 2. The number of piperazine rings is 1. The summed E-state index contributed by atoms with van der Waals surface area (Å²) >= 11 is 1.48. The van der Waals surface area contributed by atoms with Gasteiger partial charge in [-0.3, -0.25) is 4.79 Å². The second-order valence-electron chi connectivity index (χ2n) is 10.2. The Bertz CT molecular complexity index is 1810. The number of aromatic nitrogens is 1. The van der Waals surface area contributed by atoms with Crippen LogP contribution in [0.2, 0.25) is 0 Å². The summed E-state index contributed by atoms with van der Waals surface area (Å²) in [5.74, 6) is -0.512. The Kier molecular flexibility index (Phi) is 7.76. The van der Waals surface area contributed by atoms with Gasteiger partial charge in [-0.25, -0.2) is 14.6 Å². The first-order valence-corrected chi connectivity index (χ1v) is 14.7. The van der Waals surface area contributed by atoms with Gasteiger partial charge in [-0.2, -0.15) is 0 Å². The van der Waals surface area contributed by atoms with Gasteiger partial charge in [-0.15, -0.1) is 11.3 Å². The molecule has 6 rings (SSSR count). The van der Waals surface area contributed by atoms with E-state index < -0.39 is 5.97 Å². The molecule has 0 radical (unpaired) electrons. The molecular formula is C33H29N5O4S. The fraction of sp³-hybridized carbons (Fsp3) is 0.152. The smallest absolute Gasteiger partial charge is 0.337 e. The van der Waals surface area contributed by atoms with E-state index >= 15 is 0 Å². The minimum absolute atomic E-state index is 0.0468. The minimum atomic E-state index is -1.09. The Balaban J connectivity index is 1.07. The number of urea groups is 1. The van der Waals surface area contributed by atoms with E-state index in [0.717, 1.165) is 32.6 Å². The van der Waals surface area contributed by atoms with Gasteiger partial charge in [0.2, 0.25) is 0 Å². The third kappa shape index (κ3) is 5.91. The van der Waals surface area contributed by atoms with Gasteiger partial charge in [0.05, 0.1) is 28.0 Å². The highest BCUT2D eigenvalue weighted by molar-refractivity contribution is 7.21. The van der Waals surface area contributed by atoms with Crippen molar-refractivity contribution in [2.75, 3.05) is 41.7 Å². The molecule has 0 spiro atoms. The van der Waals surface area contributed by atoms with Crippen LogP contribution in [-0.4, -0.2) is 59.1 Å². The third-order valence-corrected chi connectivity index (χ3v) is 8.82. The number of fused-ring (bicyclic) bond motifs is 1. The van der Waals surface area contributed by atoms with Crippen molar-refractivity contribution in [1.82, 2.24) is 9.88 Å². The number of carboxylic acids is 1. The molecule has 2 aromatic heterocycles. The number of amides is 3. The molecule has 3 heterocycles. The van der Waals surface area contributed by atoms with Crippen molar-refractivity contribution in [2.45, 2.75) is 6.92 Å². The van der Waals surface area contributed by atoms with E-state index in [-0.39, 0.29) is 23.2 Å². The molecule has 3 amide bonds. The van der Waals surface area contributed by atoms with E-state index in [1.54, 1.807) is 29.3 Å². The van der Waals surface area contributed by atoms with Gasteiger partial charge in [-0.1, -0.05) is 48.5 Å². The van der Waals surface area contributed by atoms with E-state index in [4.69, 9.17) is 0 Å². The lowest BCUT2D eigenvalue weighted by atomic mass is 10.0. The van der Waals surface area contributed by atoms with Crippen molar-refractivity contribution in [3.05, 3.63) is 107 Å². The fourth-order valence-corrected chi connectivity index (χ4v) is 6.28. The number of benzene rings is 3. The number of hydrogen-bond donors (Lipinski definition) is 3. The lowest BCUT2D eigenvalue weighted by Crippen LogP contribution is -2.50. The van der Waals surface area contributed by atoms with Gasteiger partial charge in [0.1, 0.15) is 5.82 Å². The lowest BCUT2D eigenvalue weighted by molar-refractivity contribution is 0.0697. The van der Waals surface area contributed by atoms with Crippen LogP contribution in [0.25, 0.3) is 21.2 Å². The molecule has 3 N–H and O–H groups in total. The summed E-state index contributed by atoms with van der Waals surface area (Å²) < 4.78 is 1.06. The lowest BCUT2D eigenvalue weighted by Gasteiger charge is -2.35. The molecule has 0 saturated carbocycles. The Morgan fingerprint density at radius 2 is 1.58 bits per heavy atom. The number of nitrogens with zero attached hydrogens (tertiary/aromatic N) is 3. The first-order chi connectivity index (χ1) is 20.9. The highest BCUT2D eigenvalue weighted by Gasteiger charge is 2.23. The van der Waals surface area contributed by atoms with Crippen LogP contribution >= 0.6 is 11.3 Å². The average Bonchev–Trinajstić information content (AvgIpc) is 3.37. The number of carbonyl (C=O) groups is 3. The summed E-state index contributed by atoms with van der Waals surface area (Å²) in [6.07, 6.45) is 1.64. The zero-order valence-corrected chi connectivity index (χ0v) is 24.2. The molecular weight excluding hydrogens is 562 g/mol. The van der Waals surface area contributed by atoms with Crippen molar-refractivity contribution in [2.24, 2.45) is 0 Å². The molecule has 1 saturated heterocycles. The maximum absolute atomic E-state index is 13.2. The maximum atomic E-state index is 13.2. The van der Waals surface area contributed by atoms with Crippen LogP contribution in [0.1, 0.15) is 25.6 Å². The number of thiophene rings is 1. The number of carboxylic acid groups (broad SMARTS) is 1. The number of para-hydroxylation sites is 1. The van der Waals surface area contributed by atoms with Crippen LogP contribution in [0.4, 0.5) is 22.0 Å². The zero-order valence-electron chi connectivity index (χ0n) is 23.4. The normalized spacial score (nSPS) is 13.1. The van der Waals surface area contributed by atoms with Crippen molar-refractivity contribution < 1.29 is 19.5 Å². The van der Waals surface area contributed by atoms with E-state index in [0.29, 0.717) is 36.7 Å². The van der Waals surface area contributed by atoms with Crippen LogP contribution in [0.3, 0.4) is 0 Å². The number of hydrogen-bond acceptors (Lipinski definition) is 6. The van der Waals surface area contributed by atoms with Crippen molar-refractivity contribution >= 4 is 56.5 Å². The number of aromatic carboxylic acids is 1. The van der Waals surface area contributed by atoms with Crippen LogP contribution in [-0.2, 0) is 0 Å². The van der Waals surface area contributed by atoms with E-state index in [9.17, 15) is 19.5 Å². The average molecular weight is 592 g/mol. The molecule has 0 aliphatic carbocycles. The van der Waals surface area contributed by atoms with Gasteiger partial charge < -0.3 is 25.5 Å². The SMILES string of the molecule is Cc1c(C(=O)Nc2ccc(N3CCN(C(=O)Nc4ccccc4C(=O)O)CC3)nc2)sc2ccc(-c3ccccc3)cc12. The largest absolute Gasteiger partial charge is 0.478 e. The molecule has 0 bridgehead atoms. The number of anilines is 3. The maximum Gasteiger partial charge on any atom is 0.337 e.